The van der Waals surface area contributed by atoms with Crippen molar-refractivity contribution in [3.63, 3.8) is 0 Å². The molecule has 0 aliphatic carbocycles. The Balaban J connectivity index is 4.06. The predicted octanol–water partition coefficient (Wildman–Crippen LogP) is 13.4. The normalized spacial score (nSPS) is 13.9. The molecule has 3 atom stereocenters. The molecule has 3 unspecified atom stereocenters. The maximum atomic E-state index is 12.8. The van der Waals surface area contributed by atoms with Crippen LogP contribution in [0.1, 0.15) is 251 Å². The van der Waals surface area contributed by atoms with Crippen LogP contribution in [0.3, 0.4) is 0 Å². The van der Waals surface area contributed by atoms with Gasteiger partial charge in [-0.3, -0.25) is 13.8 Å². The van der Waals surface area contributed by atoms with Gasteiger partial charge in [-0.25, -0.2) is 4.57 Å². The molecule has 0 radical (unpaired) electrons. The zero-order valence-electron chi connectivity index (χ0n) is 36.0. The molecule has 0 aromatic rings. The van der Waals surface area contributed by atoms with Crippen molar-refractivity contribution in [2.75, 3.05) is 19.8 Å². The van der Waals surface area contributed by atoms with Crippen molar-refractivity contribution in [3.8, 4) is 0 Å². The molecule has 0 aromatic heterocycles. The third kappa shape index (κ3) is 39.7. The molecular formula is C45H93N2O6P. The largest absolute Gasteiger partial charge is 0.472 e. The maximum Gasteiger partial charge on any atom is 0.472 e. The fraction of sp³-hybridized carbons (Fsp3) is 0.978. The molecule has 8 nitrogen and oxygen atoms in total. The second-order valence-corrected chi connectivity index (χ2v) is 17.8. The summed E-state index contributed by atoms with van der Waals surface area (Å²) in [7, 11) is -4.31. The van der Waals surface area contributed by atoms with Crippen LogP contribution in [0.4, 0.5) is 0 Å². The van der Waals surface area contributed by atoms with Crippen LogP contribution in [0.2, 0.25) is 0 Å². The monoisotopic (exact) mass is 789 g/mol. The van der Waals surface area contributed by atoms with Gasteiger partial charge in [0.2, 0.25) is 5.91 Å². The molecule has 0 saturated heterocycles. The lowest BCUT2D eigenvalue weighted by Gasteiger charge is -2.25. The average molecular weight is 789 g/mol. The number of phosphoric ester groups is 1. The number of carbonyl (C=O) groups excluding carboxylic acids is 1. The van der Waals surface area contributed by atoms with Gasteiger partial charge in [0.15, 0.2) is 0 Å². The summed E-state index contributed by atoms with van der Waals surface area (Å²) in [5.74, 6) is -0.156. The van der Waals surface area contributed by atoms with Gasteiger partial charge in [0, 0.05) is 13.0 Å². The fourth-order valence-corrected chi connectivity index (χ4v) is 8.13. The average Bonchev–Trinajstić information content (AvgIpc) is 3.16. The Morgan fingerprint density at radius 3 is 1.19 bits per heavy atom. The molecule has 0 fully saturated rings. The molecule has 324 valence electrons. The molecule has 0 bridgehead atoms. The van der Waals surface area contributed by atoms with E-state index in [1.807, 2.05) is 0 Å². The smallest absolute Gasteiger partial charge is 0.391 e. The number of aliphatic hydroxyl groups is 1. The maximum absolute atomic E-state index is 12.8. The zero-order valence-corrected chi connectivity index (χ0v) is 36.9. The van der Waals surface area contributed by atoms with Crippen molar-refractivity contribution >= 4 is 13.7 Å². The number of aliphatic hydroxyl groups excluding tert-OH is 1. The highest BCUT2D eigenvalue weighted by Gasteiger charge is 2.27. The van der Waals surface area contributed by atoms with Crippen molar-refractivity contribution < 1.29 is 28.4 Å². The molecule has 54 heavy (non-hydrogen) atoms. The van der Waals surface area contributed by atoms with Gasteiger partial charge in [-0.05, 0) is 12.8 Å². The fourth-order valence-electron chi connectivity index (χ4n) is 7.37. The summed E-state index contributed by atoms with van der Waals surface area (Å²) in [4.78, 5) is 22.8. The number of phosphoric acid groups is 1. The topological polar surface area (TPSA) is 131 Å². The number of hydrogen-bond acceptors (Lipinski definition) is 6. The van der Waals surface area contributed by atoms with Crippen LogP contribution in [0.15, 0.2) is 0 Å². The van der Waals surface area contributed by atoms with Crippen molar-refractivity contribution in [2.24, 2.45) is 5.73 Å². The number of hydrogen-bond donors (Lipinski definition) is 4. The van der Waals surface area contributed by atoms with Crippen LogP contribution in [-0.4, -0.2) is 47.8 Å². The standard InChI is InChI=1S/C45H93N2O6P/c1-3-5-7-9-11-13-15-17-19-21-22-23-24-26-28-30-32-34-36-38-44(48)43(42-53-54(50,51)52-41-40-46)47-45(49)39-37-35-33-31-29-27-25-20-18-16-14-12-10-8-6-4-2/h43-44,48H,3-42,46H2,1-2H3,(H,47,49)(H,50,51). The van der Waals surface area contributed by atoms with Gasteiger partial charge in [0.25, 0.3) is 0 Å². The first-order valence-electron chi connectivity index (χ1n) is 23.7. The lowest BCUT2D eigenvalue weighted by Crippen LogP contribution is -2.46. The first-order chi connectivity index (χ1) is 26.4. The summed E-state index contributed by atoms with van der Waals surface area (Å²) in [6.07, 6.45) is 45.4. The molecule has 1 amide bonds. The number of rotatable bonds is 45. The summed E-state index contributed by atoms with van der Waals surface area (Å²) in [6, 6.07) is -0.768. The Bertz CT molecular complexity index is 819. The summed E-state index contributed by atoms with van der Waals surface area (Å²) >= 11 is 0. The van der Waals surface area contributed by atoms with E-state index in [1.165, 1.54) is 186 Å². The minimum atomic E-state index is -4.31. The van der Waals surface area contributed by atoms with Crippen molar-refractivity contribution in [1.82, 2.24) is 5.32 Å². The minimum Gasteiger partial charge on any atom is -0.391 e. The van der Waals surface area contributed by atoms with Crippen LogP contribution in [0.5, 0.6) is 0 Å². The Kier molecular flexibility index (Phi) is 41.7. The highest BCUT2D eigenvalue weighted by atomic mass is 31.2. The molecule has 9 heteroatoms. The molecule has 0 saturated carbocycles. The Morgan fingerprint density at radius 1 is 0.537 bits per heavy atom. The molecule has 0 spiro atoms. The van der Waals surface area contributed by atoms with E-state index in [0.717, 1.165) is 38.5 Å². The quantitative estimate of drug-likeness (QED) is 0.0357. The van der Waals surface area contributed by atoms with Gasteiger partial charge < -0.3 is 21.1 Å². The number of nitrogens with one attached hydrogen (secondary N) is 1. The predicted molar refractivity (Wildman–Crippen MR) is 231 cm³/mol. The highest BCUT2D eigenvalue weighted by Crippen LogP contribution is 2.43. The van der Waals surface area contributed by atoms with Gasteiger partial charge in [-0.1, -0.05) is 232 Å². The third-order valence-electron chi connectivity index (χ3n) is 11.0. The van der Waals surface area contributed by atoms with Gasteiger partial charge >= 0.3 is 7.82 Å². The van der Waals surface area contributed by atoms with E-state index in [2.05, 4.69) is 19.2 Å². The first kappa shape index (κ1) is 53.5. The van der Waals surface area contributed by atoms with Gasteiger partial charge in [-0.15, -0.1) is 0 Å². The number of carbonyl (C=O) groups is 1. The van der Waals surface area contributed by atoms with Crippen molar-refractivity contribution in [2.45, 2.75) is 264 Å². The number of unbranched alkanes of at least 4 members (excludes halogenated alkanes) is 33. The minimum absolute atomic E-state index is 0.0927. The highest BCUT2D eigenvalue weighted by molar-refractivity contribution is 7.47. The van der Waals surface area contributed by atoms with Crippen LogP contribution < -0.4 is 11.1 Å². The van der Waals surface area contributed by atoms with E-state index in [0.29, 0.717) is 12.8 Å². The van der Waals surface area contributed by atoms with E-state index in [9.17, 15) is 19.4 Å². The van der Waals surface area contributed by atoms with Gasteiger partial charge in [-0.2, -0.15) is 0 Å². The number of nitrogens with two attached hydrogens (primary N) is 1. The number of amides is 1. The lowest BCUT2D eigenvalue weighted by molar-refractivity contribution is -0.123. The Morgan fingerprint density at radius 2 is 0.852 bits per heavy atom. The van der Waals surface area contributed by atoms with Crippen LogP contribution >= 0.6 is 7.82 Å². The van der Waals surface area contributed by atoms with Crippen molar-refractivity contribution in [1.29, 1.82) is 0 Å². The SMILES string of the molecule is CCCCCCCCCCCCCCCCCCCCCC(O)C(COP(=O)(O)OCCN)NC(=O)CCCCCCCCCCCCCCCCCC. The molecule has 0 aromatic carbocycles. The molecule has 0 aliphatic heterocycles. The Hall–Kier alpha value is -0.500. The lowest BCUT2D eigenvalue weighted by atomic mass is 10.0. The molecule has 0 aliphatic rings. The zero-order chi connectivity index (χ0) is 39.6. The molecular weight excluding hydrogens is 695 g/mol. The third-order valence-corrected chi connectivity index (χ3v) is 11.9. The summed E-state index contributed by atoms with van der Waals surface area (Å²) in [5, 5.41) is 13.8. The molecule has 0 rings (SSSR count). The van der Waals surface area contributed by atoms with Crippen molar-refractivity contribution in [3.05, 3.63) is 0 Å². The summed E-state index contributed by atoms with van der Waals surface area (Å²) < 4.78 is 22.2. The van der Waals surface area contributed by atoms with Crippen LogP contribution in [0, 0.1) is 0 Å². The second kappa shape index (κ2) is 42.1. The first-order valence-corrected chi connectivity index (χ1v) is 25.1. The molecule has 5 N–H and O–H groups in total. The summed E-state index contributed by atoms with van der Waals surface area (Å²) in [6.45, 7) is 4.25. The van der Waals surface area contributed by atoms with Gasteiger partial charge in [0.05, 0.1) is 25.4 Å². The van der Waals surface area contributed by atoms with E-state index < -0.39 is 20.0 Å². The van der Waals surface area contributed by atoms with E-state index in [4.69, 9.17) is 14.8 Å². The van der Waals surface area contributed by atoms with E-state index in [-0.39, 0.29) is 25.7 Å². The van der Waals surface area contributed by atoms with E-state index in [1.54, 1.807) is 0 Å². The van der Waals surface area contributed by atoms with Crippen LogP contribution in [-0.2, 0) is 18.4 Å². The second-order valence-electron chi connectivity index (χ2n) is 16.3. The van der Waals surface area contributed by atoms with E-state index >= 15 is 0 Å². The Labute approximate surface area is 335 Å². The summed E-state index contributed by atoms with van der Waals surface area (Å²) in [5.41, 5.74) is 5.39. The molecule has 0 heterocycles. The van der Waals surface area contributed by atoms with Gasteiger partial charge in [0.1, 0.15) is 0 Å². The van der Waals surface area contributed by atoms with Crippen LogP contribution in [0.25, 0.3) is 0 Å².